The summed E-state index contributed by atoms with van der Waals surface area (Å²) >= 11 is 3.16. The van der Waals surface area contributed by atoms with Crippen LogP contribution in [0.15, 0.2) is 40.9 Å². The molecular weight excluding hydrogens is 343 g/mol. The fraction of sp³-hybridized carbons (Fsp3) is 0.143. The number of rotatable bonds is 5. The van der Waals surface area contributed by atoms with E-state index in [4.69, 9.17) is 10.5 Å². The van der Waals surface area contributed by atoms with E-state index in [-0.39, 0.29) is 24.6 Å². The summed E-state index contributed by atoms with van der Waals surface area (Å²) in [4.78, 5) is 10.4. The molecule has 0 aliphatic heterocycles. The second kappa shape index (κ2) is 6.64. The van der Waals surface area contributed by atoms with Crippen molar-refractivity contribution in [1.82, 2.24) is 0 Å². The van der Waals surface area contributed by atoms with Crippen LogP contribution in [0.3, 0.4) is 0 Å². The van der Waals surface area contributed by atoms with Gasteiger partial charge in [-0.15, -0.1) is 0 Å². The zero-order valence-electron chi connectivity index (χ0n) is 10.9. The van der Waals surface area contributed by atoms with Crippen molar-refractivity contribution >= 4 is 21.6 Å². The standard InChI is InChI=1S/C14H12BrFN2O3/c15-11-3-2-10(12(16)6-11)8-21-14-5-9(7-17)1-4-13(14)18(19)20/h1-6H,7-8,17H2. The Morgan fingerprint density at radius 2 is 2.05 bits per heavy atom. The summed E-state index contributed by atoms with van der Waals surface area (Å²) in [5.41, 5.74) is 6.34. The molecule has 0 saturated heterocycles. The highest BCUT2D eigenvalue weighted by atomic mass is 79.9. The van der Waals surface area contributed by atoms with Crippen LogP contribution >= 0.6 is 15.9 Å². The van der Waals surface area contributed by atoms with Crippen molar-refractivity contribution in [2.24, 2.45) is 5.73 Å². The largest absolute Gasteiger partial charge is 0.482 e. The maximum absolute atomic E-state index is 13.7. The van der Waals surface area contributed by atoms with Crippen molar-refractivity contribution in [2.45, 2.75) is 13.2 Å². The first-order valence-corrected chi connectivity index (χ1v) is 6.84. The lowest BCUT2D eigenvalue weighted by Crippen LogP contribution is -2.03. The van der Waals surface area contributed by atoms with Crippen molar-refractivity contribution < 1.29 is 14.1 Å². The van der Waals surface area contributed by atoms with E-state index in [2.05, 4.69) is 15.9 Å². The Morgan fingerprint density at radius 1 is 1.29 bits per heavy atom. The molecule has 2 rings (SSSR count). The van der Waals surface area contributed by atoms with Gasteiger partial charge in [-0.05, 0) is 23.8 Å². The highest BCUT2D eigenvalue weighted by Crippen LogP contribution is 2.29. The van der Waals surface area contributed by atoms with Gasteiger partial charge in [0.25, 0.3) is 0 Å². The third-order valence-electron chi connectivity index (χ3n) is 2.85. The molecule has 0 amide bonds. The highest BCUT2D eigenvalue weighted by Gasteiger charge is 2.16. The van der Waals surface area contributed by atoms with Crippen molar-refractivity contribution in [2.75, 3.05) is 0 Å². The van der Waals surface area contributed by atoms with Gasteiger partial charge < -0.3 is 10.5 Å². The average molecular weight is 355 g/mol. The minimum atomic E-state index is -0.548. The number of nitrogens with two attached hydrogens (primary N) is 1. The summed E-state index contributed by atoms with van der Waals surface area (Å²) in [7, 11) is 0. The van der Waals surface area contributed by atoms with Gasteiger partial charge in [0.15, 0.2) is 5.75 Å². The molecule has 0 unspecified atom stereocenters. The van der Waals surface area contributed by atoms with Gasteiger partial charge in [-0.3, -0.25) is 10.1 Å². The van der Waals surface area contributed by atoms with Crippen LogP contribution in [0.1, 0.15) is 11.1 Å². The fourth-order valence-corrected chi connectivity index (χ4v) is 2.08. The zero-order valence-corrected chi connectivity index (χ0v) is 12.5. The van der Waals surface area contributed by atoms with Gasteiger partial charge >= 0.3 is 5.69 Å². The molecule has 0 radical (unpaired) electrons. The molecule has 0 saturated carbocycles. The van der Waals surface area contributed by atoms with Crippen molar-refractivity contribution in [3.8, 4) is 5.75 Å². The van der Waals surface area contributed by atoms with Gasteiger partial charge in [0.2, 0.25) is 0 Å². The van der Waals surface area contributed by atoms with Crippen LogP contribution < -0.4 is 10.5 Å². The van der Waals surface area contributed by atoms with Crippen molar-refractivity contribution in [3.05, 3.63) is 67.9 Å². The minimum absolute atomic E-state index is 0.0743. The van der Waals surface area contributed by atoms with E-state index in [1.54, 1.807) is 18.2 Å². The van der Waals surface area contributed by atoms with E-state index in [0.717, 1.165) is 0 Å². The molecular formula is C14H12BrFN2O3. The lowest BCUT2D eigenvalue weighted by molar-refractivity contribution is -0.386. The van der Waals surface area contributed by atoms with Gasteiger partial charge in [-0.2, -0.15) is 0 Å². The number of nitro benzene ring substituents is 1. The smallest absolute Gasteiger partial charge is 0.310 e. The molecule has 5 nitrogen and oxygen atoms in total. The topological polar surface area (TPSA) is 78.4 Å². The van der Waals surface area contributed by atoms with Crippen LogP contribution in [0.4, 0.5) is 10.1 Å². The molecule has 0 heterocycles. The van der Waals surface area contributed by atoms with Crippen molar-refractivity contribution in [1.29, 1.82) is 0 Å². The maximum Gasteiger partial charge on any atom is 0.310 e. The van der Waals surface area contributed by atoms with Gasteiger partial charge in [0, 0.05) is 22.6 Å². The van der Waals surface area contributed by atoms with Crippen LogP contribution in [-0.4, -0.2) is 4.92 Å². The van der Waals surface area contributed by atoms with E-state index in [1.165, 1.54) is 18.2 Å². The molecule has 0 fully saturated rings. The van der Waals surface area contributed by atoms with Gasteiger partial charge in [-0.25, -0.2) is 4.39 Å². The molecule has 0 atom stereocenters. The second-order valence-corrected chi connectivity index (χ2v) is 5.20. The first-order chi connectivity index (χ1) is 10.0. The lowest BCUT2D eigenvalue weighted by atomic mass is 10.2. The van der Waals surface area contributed by atoms with Crippen LogP contribution in [0, 0.1) is 15.9 Å². The highest BCUT2D eigenvalue weighted by molar-refractivity contribution is 9.10. The van der Waals surface area contributed by atoms with Crippen LogP contribution in [0.5, 0.6) is 5.75 Å². The number of hydrogen-bond acceptors (Lipinski definition) is 4. The maximum atomic E-state index is 13.7. The Labute approximate surface area is 128 Å². The number of nitrogens with zero attached hydrogens (tertiary/aromatic N) is 1. The van der Waals surface area contributed by atoms with Crippen LogP contribution in [0.25, 0.3) is 0 Å². The predicted octanol–water partition coefficient (Wildman–Crippen LogP) is 3.53. The molecule has 0 bridgehead atoms. The summed E-state index contributed by atoms with van der Waals surface area (Å²) in [6.07, 6.45) is 0. The molecule has 7 heteroatoms. The molecule has 0 spiro atoms. The van der Waals surface area contributed by atoms with E-state index < -0.39 is 10.7 Å². The first-order valence-electron chi connectivity index (χ1n) is 6.05. The Morgan fingerprint density at radius 3 is 2.67 bits per heavy atom. The summed E-state index contributed by atoms with van der Waals surface area (Å²) in [5, 5.41) is 11.0. The Balaban J connectivity index is 2.24. The lowest BCUT2D eigenvalue weighted by Gasteiger charge is -2.09. The van der Waals surface area contributed by atoms with Gasteiger partial charge in [0.1, 0.15) is 12.4 Å². The predicted molar refractivity (Wildman–Crippen MR) is 79.4 cm³/mol. The summed E-state index contributed by atoms with van der Waals surface area (Å²) < 4.78 is 19.7. The molecule has 2 N–H and O–H groups in total. The Hall–Kier alpha value is -1.99. The SMILES string of the molecule is NCc1ccc([N+](=O)[O-])c(OCc2ccc(Br)cc2F)c1. The molecule has 0 aliphatic rings. The molecule has 2 aromatic rings. The molecule has 21 heavy (non-hydrogen) atoms. The number of hydrogen-bond donors (Lipinski definition) is 1. The van der Waals surface area contributed by atoms with E-state index in [1.807, 2.05) is 0 Å². The van der Waals surface area contributed by atoms with Gasteiger partial charge in [0.05, 0.1) is 4.92 Å². The zero-order chi connectivity index (χ0) is 15.4. The molecule has 0 aromatic heterocycles. The third kappa shape index (κ3) is 3.77. The Bertz CT molecular complexity index is 679. The van der Waals surface area contributed by atoms with E-state index in [0.29, 0.717) is 15.6 Å². The van der Waals surface area contributed by atoms with Crippen molar-refractivity contribution in [3.63, 3.8) is 0 Å². The summed E-state index contributed by atoms with van der Waals surface area (Å²) in [5.74, 6) is -0.368. The fourth-order valence-electron chi connectivity index (χ4n) is 1.75. The van der Waals surface area contributed by atoms with Crippen LogP contribution in [0.2, 0.25) is 0 Å². The minimum Gasteiger partial charge on any atom is -0.482 e. The third-order valence-corrected chi connectivity index (χ3v) is 3.35. The normalized spacial score (nSPS) is 10.4. The summed E-state index contributed by atoms with van der Waals surface area (Å²) in [6.45, 7) is 0.134. The van der Waals surface area contributed by atoms with E-state index in [9.17, 15) is 14.5 Å². The Kier molecular flexibility index (Phi) is 4.87. The number of ether oxygens (including phenoxy) is 1. The van der Waals surface area contributed by atoms with E-state index >= 15 is 0 Å². The monoisotopic (exact) mass is 354 g/mol. The quantitative estimate of drug-likeness (QED) is 0.657. The van der Waals surface area contributed by atoms with Gasteiger partial charge in [-0.1, -0.05) is 28.1 Å². The first kappa shape index (κ1) is 15.4. The average Bonchev–Trinajstić information content (AvgIpc) is 2.45. The molecule has 110 valence electrons. The molecule has 2 aromatic carbocycles. The second-order valence-electron chi connectivity index (χ2n) is 4.29. The number of halogens is 2. The van der Waals surface area contributed by atoms with Crippen LogP contribution in [-0.2, 0) is 13.2 Å². The summed E-state index contributed by atoms with van der Waals surface area (Å²) in [6, 6.07) is 8.92. The number of nitro groups is 1. The molecule has 0 aliphatic carbocycles. The number of benzene rings is 2.